The minimum Gasteiger partial charge on any atom is -0.456 e. The predicted octanol–water partition coefficient (Wildman–Crippen LogP) is 3.68. The Hall–Kier alpha value is -2.92. The van der Waals surface area contributed by atoms with Gasteiger partial charge in [-0.25, -0.2) is 0 Å². The zero-order valence-corrected chi connectivity index (χ0v) is 15.2. The van der Waals surface area contributed by atoms with E-state index in [1.54, 1.807) is 24.3 Å². The molecular weight excluding hydrogens is 342 g/mol. The number of carbonyl (C=O) groups is 1. The molecule has 1 saturated heterocycles. The minimum atomic E-state index is -0.132. The molecule has 1 fully saturated rings. The fraction of sp³-hybridized carbons (Fsp3) is 0.273. The molecule has 2 aromatic carbocycles. The lowest BCUT2D eigenvalue weighted by atomic mass is 10.1. The third kappa shape index (κ3) is 3.78. The van der Waals surface area contributed by atoms with Crippen LogP contribution in [0.15, 0.2) is 57.7 Å². The smallest absolute Gasteiger partial charge is 0.251 e. The maximum atomic E-state index is 12.4. The lowest BCUT2D eigenvalue weighted by Gasteiger charge is -2.11. The molecule has 1 aliphatic rings. The number of fused-ring (bicyclic) bond motifs is 1. The van der Waals surface area contributed by atoms with Gasteiger partial charge in [0.15, 0.2) is 5.43 Å². The molecule has 5 heteroatoms. The molecule has 0 spiro atoms. The van der Waals surface area contributed by atoms with Gasteiger partial charge in [0, 0.05) is 30.3 Å². The van der Waals surface area contributed by atoms with Crippen LogP contribution in [-0.4, -0.2) is 25.2 Å². The van der Waals surface area contributed by atoms with Gasteiger partial charge in [0.25, 0.3) is 5.91 Å². The Morgan fingerprint density at radius 3 is 2.70 bits per heavy atom. The third-order valence-electron chi connectivity index (χ3n) is 4.83. The molecule has 138 valence electrons. The van der Waals surface area contributed by atoms with Crippen molar-refractivity contribution in [2.45, 2.75) is 25.9 Å². The summed E-state index contributed by atoms with van der Waals surface area (Å²) in [5, 5.41) is 3.47. The van der Waals surface area contributed by atoms with Crippen LogP contribution in [0.5, 0.6) is 0 Å². The van der Waals surface area contributed by atoms with Crippen LogP contribution in [0.25, 0.3) is 22.3 Å². The number of hydrogen-bond donors (Lipinski definition) is 1. The van der Waals surface area contributed by atoms with Gasteiger partial charge < -0.3 is 14.5 Å². The number of rotatable bonds is 4. The molecule has 1 amide bonds. The third-order valence-corrected chi connectivity index (χ3v) is 4.83. The Labute approximate surface area is 157 Å². The second-order valence-corrected chi connectivity index (χ2v) is 6.90. The van der Waals surface area contributed by atoms with Crippen LogP contribution in [-0.2, 0) is 4.74 Å². The second-order valence-electron chi connectivity index (χ2n) is 6.90. The SMILES string of the molecule is Cc1ccc2oc(-c3ccc(C(=O)NCC4CCCO4)cc3)cc(=O)c2c1. The minimum absolute atomic E-state index is 0.0756. The largest absolute Gasteiger partial charge is 0.456 e. The summed E-state index contributed by atoms with van der Waals surface area (Å²) >= 11 is 0. The van der Waals surface area contributed by atoms with Gasteiger partial charge in [-0.3, -0.25) is 9.59 Å². The van der Waals surface area contributed by atoms with Gasteiger partial charge in [-0.1, -0.05) is 23.8 Å². The van der Waals surface area contributed by atoms with Gasteiger partial charge in [-0.05, 0) is 44.0 Å². The van der Waals surface area contributed by atoms with Crippen molar-refractivity contribution in [2.75, 3.05) is 13.2 Å². The number of benzene rings is 2. The maximum Gasteiger partial charge on any atom is 0.251 e. The zero-order valence-electron chi connectivity index (χ0n) is 15.2. The number of hydrogen-bond acceptors (Lipinski definition) is 4. The summed E-state index contributed by atoms with van der Waals surface area (Å²) in [6, 6.07) is 14.1. The number of nitrogens with one attached hydrogen (secondary N) is 1. The number of aryl methyl sites for hydroxylation is 1. The normalized spacial score (nSPS) is 16.6. The van der Waals surface area contributed by atoms with E-state index >= 15 is 0 Å². The highest BCUT2D eigenvalue weighted by atomic mass is 16.5. The van der Waals surface area contributed by atoms with E-state index in [9.17, 15) is 9.59 Å². The molecule has 0 bridgehead atoms. The standard InChI is InChI=1S/C22H21NO4/c1-14-4-9-20-18(11-14)19(24)12-21(27-20)15-5-7-16(8-6-15)22(25)23-13-17-3-2-10-26-17/h4-9,11-12,17H,2-3,10,13H2,1H3,(H,23,25). The Balaban J connectivity index is 1.53. The van der Waals surface area contributed by atoms with Crippen LogP contribution in [0.4, 0.5) is 0 Å². The Morgan fingerprint density at radius 1 is 1.15 bits per heavy atom. The fourth-order valence-electron chi connectivity index (χ4n) is 3.31. The van der Waals surface area contributed by atoms with Crippen molar-refractivity contribution in [1.29, 1.82) is 0 Å². The van der Waals surface area contributed by atoms with Crippen LogP contribution in [0.3, 0.4) is 0 Å². The summed E-state index contributed by atoms with van der Waals surface area (Å²) < 4.78 is 11.4. The molecule has 5 nitrogen and oxygen atoms in total. The van der Waals surface area contributed by atoms with Crippen molar-refractivity contribution >= 4 is 16.9 Å². The summed E-state index contributed by atoms with van der Waals surface area (Å²) in [4.78, 5) is 24.6. The quantitative estimate of drug-likeness (QED) is 0.768. The highest BCUT2D eigenvalue weighted by molar-refractivity contribution is 5.94. The van der Waals surface area contributed by atoms with Gasteiger partial charge in [-0.2, -0.15) is 0 Å². The molecule has 3 aromatic rings. The predicted molar refractivity (Wildman–Crippen MR) is 104 cm³/mol. The molecule has 0 aliphatic carbocycles. The summed E-state index contributed by atoms with van der Waals surface area (Å²) in [6.07, 6.45) is 2.15. The van der Waals surface area contributed by atoms with Gasteiger partial charge in [0.05, 0.1) is 11.5 Å². The van der Waals surface area contributed by atoms with E-state index in [0.29, 0.717) is 28.8 Å². The lowest BCUT2D eigenvalue weighted by Crippen LogP contribution is -2.31. The first-order chi connectivity index (χ1) is 13.1. The maximum absolute atomic E-state index is 12.4. The van der Waals surface area contributed by atoms with E-state index in [1.165, 1.54) is 6.07 Å². The van der Waals surface area contributed by atoms with Gasteiger partial charge in [0.2, 0.25) is 0 Å². The summed E-state index contributed by atoms with van der Waals surface area (Å²) in [7, 11) is 0. The molecular formula is C22H21NO4. The number of ether oxygens (including phenoxy) is 1. The van der Waals surface area contributed by atoms with Crippen molar-refractivity contribution in [2.24, 2.45) is 0 Å². The second kappa shape index (κ2) is 7.37. The van der Waals surface area contributed by atoms with Crippen molar-refractivity contribution in [3.63, 3.8) is 0 Å². The fourth-order valence-corrected chi connectivity index (χ4v) is 3.31. The van der Waals surface area contributed by atoms with E-state index in [2.05, 4.69) is 5.32 Å². The molecule has 0 saturated carbocycles. The number of amides is 1. The Morgan fingerprint density at radius 2 is 1.96 bits per heavy atom. The topological polar surface area (TPSA) is 68.5 Å². The lowest BCUT2D eigenvalue weighted by molar-refractivity contribution is 0.0858. The van der Waals surface area contributed by atoms with Crippen molar-refractivity contribution in [3.05, 3.63) is 69.9 Å². The van der Waals surface area contributed by atoms with Crippen molar-refractivity contribution < 1.29 is 13.9 Å². The van der Waals surface area contributed by atoms with E-state index in [1.807, 2.05) is 25.1 Å². The molecule has 1 unspecified atom stereocenters. The van der Waals surface area contributed by atoms with Crippen LogP contribution in [0, 0.1) is 6.92 Å². The van der Waals surface area contributed by atoms with E-state index in [4.69, 9.17) is 9.15 Å². The molecule has 2 heterocycles. The average molecular weight is 363 g/mol. The summed E-state index contributed by atoms with van der Waals surface area (Å²) in [5.41, 5.74) is 2.82. The molecule has 4 rings (SSSR count). The molecule has 1 aromatic heterocycles. The van der Waals surface area contributed by atoms with Crippen LogP contribution >= 0.6 is 0 Å². The van der Waals surface area contributed by atoms with E-state index in [-0.39, 0.29) is 17.4 Å². The summed E-state index contributed by atoms with van der Waals surface area (Å²) in [5.74, 6) is 0.357. The van der Waals surface area contributed by atoms with Crippen LogP contribution in [0.2, 0.25) is 0 Å². The monoisotopic (exact) mass is 363 g/mol. The highest BCUT2D eigenvalue weighted by Crippen LogP contribution is 2.23. The van der Waals surface area contributed by atoms with Crippen LogP contribution < -0.4 is 10.7 Å². The molecule has 1 aliphatic heterocycles. The highest BCUT2D eigenvalue weighted by Gasteiger charge is 2.16. The molecule has 27 heavy (non-hydrogen) atoms. The zero-order chi connectivity index (χ0) is 18.8. The van der Waals surface area contributed by atoms with E-state index in [0.717, 1.165) is 30.6 Å². The van der Waals surface area contributed by atoms with Gasteiger partial charge in [-0.15, -0.1) is 0 Å². The number of carbonyl (C=O) groups excluding carboxylic acids is 1. The van der Waals surface area contributed by atoms with Crippen LogP contribution in [0.1, 0.15) is 28.8 Å². The molecule has 1 atom stereocenters. The Bertz CT molecular complexity index is 1030. The molecule has 0 radical (unpaired) electrons. The summed E-state index contributed by atoms with van der Waals surface area (Å²) in [6.45, 7) is 3.24. The molecule has 1 N–H and O–H groups in total. The van der Waals surface area contributed by atoms with Gasteiger partial charge in [0.1, 0.15) is 11.3 Å². The van der Waals surface area contributed by atoms with Crippen molar-refractivity contribution in [1.82, 2.24) is 5.32 Å². The first-order valence-corrected chi connectivity index (χ1v) is 9.15. The van der Waals surface area contributed by atoms with Gasteiger partial charge >= 0.3 is 0 Å². The first-order valence-electron chi connectivity index (χ1n) is 9.15. The Kier molecular flexibility index (Phi) is 4.77. The average Bonchev–Trinajstić information content (AvgIpc) is 3.20. The first kappa shape index (κ1) is 17.5. The van der Waals surface area contributed by atoms with Crippen molar-refractivity contribution in [3.8, 4) is 11.3 Å². The van der Waals surface area contributed by atoms with E-state index < -0.39 is 0 Å².